The molecule has 2 aromatic carbocycles. The van der Waals surface area contributed by atoms with Gasteiger partial charge in [0.05, 0.1) is 13.0 Å². The Balaban J connectivity index is 1.98. The van der Waals surface area contributed by atoms with E-state index in [-0.39, 0.29) is 5.97 Å². The van der Waals surface area contributed by atoms with Gasteiger partial charge in [-0.15, -0.1) is 0 Å². The van der Waals surface area contributed by atoms with Gasteiger partial charge in [-0.3, -0.25) is 9.89 Å². The van der Waals surface area contributed by atoms with Crippen molar-refractivity contribution in [1.29, 1.82) is 0 Å². The normalized spacial score (nSPS) is 10.5. The average Bonchev–Trinajstić information content (AvgIpc) is 3.06. The second kappa shape index (κ2) is 7.59. The quantitative estimate of drug-likeness (QED) is 0.691. The first-order valence-electron chi connectivity index (χ1n) is 8.13. The summed E-state index contributed by atoms with van der Waals surface area (Å²) < 4.78 is 5.03. The Hall–Kier alpha value is -2.88. The highest BCUT2D eigenvalue weighted by Crippen LogP contribution is 2.33. The number of aromatic nitrogens is 2. The summed E-state index contributed by atoms with van der Waals surface area (Å²) in [5, 5.41) is 7.62. The molecule has 1 aromatic heterocycles. The number of nitrogens with zero attached hydrogens (tertiary/aromatic N) is 1. The smallest absolute Gasteiger partial charge is 0.306 e. The zero-order valence-electron chi connectivity index (χ0n) is 13.7. The summed E-state index contributed by atoms with van der Waals surface area (Å²) in [5.74, 6) is -0.188. The molecule has 4 nitrogen and oxygen atoms in total. The Morgan fingerprint density at radius 1 is 1.00 bits per heavy atom. The van der Waals surface area contributed by atoms with Crippen LogP contribution in [0.4, 0.5) is 0 Å². The van der Waals surface area contributed by atoms with Crippen molar-refractivity contribution < 1.29 is 9.53 Å². The molecule has 0 amide bonds. The minimum atomic E-state index is -0.188. The van der Waals surface area contributed by atoms with Gasteiger partial charge in [-0.1, -0.05) is 60.7 Å². The predicted molar refractivity (Wildman–Crippen MR) is 94.4 cm³/mol. The summed E-state index contributed by atoms with van der Waals surface area (Å²) in [6, 6.07) is 20.2. The van der Waals surface area contributed by atoms with Crippen molar-refractivity contribution in [2.24, 2.45) is 0 Å². The van der Waals surface area contributed by atoms with Crippen LogP contribution in [0.1, 0.15) is 19.0 Å². The molecule has 0 spiro atoms. The minimum absolute atomic E-state index is 0.188. The van der Waals surface area contributed by atoms with Gasteiger partial charge >= 0.3 is 5.97 Å². The van der Waals surface area contributed by atoms with Gasteiger partial charge in [-0.2, -0.15) is 5.10 Å². The van der Waals surface area contributed by atoms with Crippen molar-refractivity contribution in [3.05, 3.63) is 66.4 Å². The molecular formula is C20H20N2O2. The number of benzene rings is 2. The molecule has 0 aliphatic carbocycles. The Bertz CT molecular complexity index is 795. The van der Waals surface area contributed by atoms with E-state index in [1.807, 2.05) is 55.5 Å². The first kappa shape index (κ1) is 16.0. The van der Waals surface area contributed by atoms with E-state index >= 15 is 0 Å². The second-order valence-corrected chi connectivity index (χ2v) is 5.46. The summed E-state index contributed by atoms with van der Waals surface area (Å²) in [5.41, 5.74) is 5.04. The largest absolute Gasteiger partial charge is 0.466 e. The molecular weight excluding hydrogens is 300 g/mol. The molecule has 3 aromatic rings. The number of rotatable bonds is 6. The van der Waals surface area contributed by atoms with Crippen molar-refractivity contribution in [3.63, 3.8) is 0 Å². The molecule has 4 heteroatoms. The van der Waals surface area contributed by atoms with E-state index in [1.165, 1.54) is 0 Å². The monoisotopic (exact) mass is 320 g/mol. The number of carbonyl (C=O) groups is 1. The molecule has 0 aliphatic heterocycles. The van der Waals surface area contributed by atoms with Crippen molar-refractivity contribution in [2.75, 3.05) is 6.61 Å². The lowest BCUT2D eigenvalue weighted by molar-refractivity contribution is -0.143. The van der Waals surface area contributed by atoms with Crippen LogP contribution < -0.4 is 0 Å². The maximum atomic E-state index is 11.7. The van der Waals surface area contributed by atoms with Gasteiger partial charge in [0.25, 0.3) is 0 Å². The van der Waals surface area contributed by atoms with Crippen molar-refractivity contribution >= 4 is 5.97 Å². The predicted octanol–water partition coefficient (Wildman–Crippen LogP) is 4.24. The van der Waals surface area contributed by atoms with Gasteiger partial charge in [-0.05, 0) is 12.5 Å². The molecule has 0 unspecified atom stereocenters. The van der Waals surface area contributed by atoms with Crippen LogP contribution >= 0.6 is 0 Å². The zero-order chi connectivity index (χ0) is 16.8. The van der Waals surface area contributed by atoms with E-state index in [0.717, 1.165) is 28.1 Å². The molecule has 0 saturated heterocycles. The lowest BCUT2D eigenvalue weighted by Gasteiger charge is -2.07. The van der Waals surface area contributed by atoms with Gasteiger partial charge in [0.1, 0.15) is 5.69 Å². The molecule has 1 heterocycles. The Morgan fingerprint density at radius 2 is 1.62 bits per heavy atom. The molecule has 122 valence electrons. The fraction of sp³-hybridized carbons (Fsp3) is 0.200. The second-order valence-electron chi connectivity index (χ2n) is 5.46. The first-order chi connectivity index (χ1) is 11.8. The SMILES string of the molecule is CCOC(=O)CCc1[nH]nc(-c2ccccc2)c1-c1ccccc1. The molecule has 0 bridgehead atoms. The van der Waals surface area contributed by atoms with E-state index in [0.29, 0.717) is 19.4 Å². The van der Waals surface area contributed by atoms with Gasteiger partial charge in [0.15, 0.2) is 0 Å². The van der Waals surface area contributed by atoms with Crippen LogP contribution in [0.25, 0.3) is 22.4 Å². The fourth-order valence-corrected chi connectivity index (χ4v) is 2.74. The number of hydrogen-bond acceptors (Lipinski definition) is 3. The molecule has 3 rings (SSSR count). The Kier molecular flexibility index (Phi) is 5.06. The van der Waals surface area contributed by atoms with Gasteiger partial charge in [0, 0.05) is 23.2 Å². The van der Waals surface area contributed by atoms with E-state index in [2.05, 4.69) is 22.3 Å². The van der Waals surface area contributed by atoms with Crippen LogP contribution in [0.5, 0.6) is 0 Å². The third-order valence-electron chi connectivity index (χ3n) is 3.84. The summed E-state index contributed by atoms with van der Waals surface area (Å²) in [6.07, 6.45) is 0.910. The molecule has 0 fully saturated rings. The highest BCUT2D eigenvalue weighted by molar-refractivity contribution is 5.83. The van der Waals surface area contributed by atoms with Crippen LogP contribution in [-0.4, -0.2) is 22.8 Å². The van der Waals surface area contributed by atoms with Gasteiger partial charge < -0.3 is 4.74 Å². The number of aryl methyl sites for hydroxylation is 1. The topological polar surface area (TPSA) is 55.0 Å². The van der Waals surface area contributed by atoms with E-state index in [4.69, 9.17) is 4.74 Å². The Morgan fingerprint density at radius 3 is 2.25 bits per heavy atom. The maximum absolute atomic E-state index is 11.7. The number of hydrogen-bond donors (Lipinski definition) is 1. The number of H-pyrrole nitrogens is 1. The van der Waals surface area contributed by atoms with Crippen molar-refractivity contribution in [3.8, 4) is 22.4 Å². The summed E-state index contributed by atoms with van der Waals surface area (Å²) >= 11 is 0. The average molecular weight is 320 g/mol. The molecule has 0 aliphatic rings. The van der Waals surface area contributed by atoms with Gasteiger partial charge in [0.2, 0.25) is 0 Å². The Labute approximate surface area is 141 Å². The van der Waals surface area contributed by atoms with E-state index < -0.39 is 0 Å². The number of nitrogens with one attached hydrogen (secondary N) is 1. The lowest BCUT2D eigenvalue weighted by atomic mass is 9.97. The lowest BCUT2D eigenvalue weighted by Crippen LogP contribution is -2.05. The highest BCUT2D eigenvalue weighted by Gasteiger charge is 2.17. The van der Waals surface area contributed by atoms with Crippen LogP contribution in [0.2, 0.25) is 0 Å². The van der Waals surface area contributed by atoms with Crippen LogP contribution in [-0.2, 0) is 16.0 Å². The highest BCUT2D eigenvalue weighted by atomic mass is 16.5. The van der Waals surface area contributed by atoms with E-state index in [9.17, 15) is 4.79 Å². The summed E-state index contributed by atoms with van der Waals surface area (Å²) in [6.45, 7) is 2.22. The number of aromatic amines is 1. The molecule has 0 radical (unpaired) electrons. The maximum Gasteiger partial charge on any atom is 0.306 e. The summed E-state index contributed by atoms with van der Waals surface area (Å²) in [4.78, 5) is 11.7. The third kappa shape index (κ3) is 3.54. The molecule has 0 atom stereocenters. The standard InChI is InChI=1S/C20H20N2O2/c1-2-24-18(23)14-13-17-19(15-9-5-3-6-10-15)20(22-21-17)16-11-7-4-8-12-16/h3-12H,2,13-14H2,1H3,(H,21,22). The molecule has 24 heavy (non-hydrogen) atoms. The number of carbonyl (C=O) groups excluding carboxylic acids is 1. The zero-order valence-corrected chi connectivity index (χ0v) is 13.7. The number of esters is 1. The minimum Gasteiger partial charge on any atom is -0.466 e. The van der Waals surface area contributed by atoms with Crippen LogP contribution in [0.15, 0.2) is 60.7 Å². The van der Waals surface area contributed by atoms with Crippen LogP contribution in [0.3, 0.4) is 0 Å². The third-order valence-corrected chi connectivity index (χ3v) is 3.84. The number of ether oxygens (including phenoxy) is 1. The van der Waals surface area contributed by atoms with Crippen molar-refractivity contribution in [2.45, 2.75) is 19.8 Å². The molecule has 1 N–H and O–H groups in total. The fourth-order valence-electron chi connectivity index (χ4n) is 2.74. The first-order valence-corrected chi connectivity index (χ1v) is 8.13. The molecule has 0 saturated carbocycles. The van der Waals surface area contributed by atoms with Gasteiger partial charge in [-0.25, -0.2) is 0 Å². The summed E-state index contributed by atoms with van der Waals surface area (Å²) in [7, 11) is 0. The van der Waals surface area contributed by atoms with Crippen LogP contribution in [0, 0.1) is 0 Å². The van der Waals surface area contributed by atoms with E-state index in [1.54, 1.807) is 0 Å². The van der Waals surface area contributed by atoms with Crippen molar-refractivity contribution in [1.82, 2.24) is 10.2 Å².